The minimum Gasteiger partial charge on any atom is -0.445 e. The van der Waals surface area contributed by atoms with Crippen LogP contribution in [-0.4, -0.2) is 36.7 Å². The molecule has 2 bridgehead atoms. The van der Waals surface area contributed by atoms with Gasteiger partial charge in [0, 0.05) is 6.54 Å². The number of piperidine rings is 3. The first-order chi connectivity index (χ1) is 14.2. The Balaban J connectivity index is 1.28. The Morgan fingerprint density at radius 1 is 1.03 bits per heavy atom. The molecule has 0 radical (unpaired) electrons. The number of benzene rings is 2. The fourth-order valence-corrected chi connectivity index (χ4v) is 5.14. The maximum absolute atomic E-state index is 13.2. The van der Waals surface area contributed by atoms with Gasteiger partial charge < -0.3 is 10.1 Å². The predicted molar refractivity (Wildman–Crippen MR) is 110 cm³/mol. The van der Waals surface area contributed by atoms with Gasteiger partial charge in [-0.2, -0.15) is 0 Å². The first-order valence-corrected chi connectivity index (χ1v) is 10.7. The molecule has 2 aromatic carbocycles. The van der Waals surface area contributed by atoms with Crippen molar-refractivity contribution in [1.29, 1.82) is 0 Å². The summed E-state index contributed by atoms with van der Waals surface area (Å²) in [5.41, 5.74) is 4.52. The summed E-state index contributed by atoms with van der Waals surface area (Å²) in [4.78, 5) is 15.0. The average molecular weight is 394 g/mol. The minimum absolute atomic E-state index is 0.00500. The van der Waals surface area contributed by atoms with Gasteiger partial charge in [0.05, 0.1) is 6.04 Å². The SMILES string of the molecule is O=C(NC1CCCc2cc(-c3ccc(F)cc3)ccc21)O[C@@H]1CN2CCC1CC2. The lowest BCUT2D eigenvalue weighted by atomic mass is 9.85. The molecule has 4 nitrogen and oxygen atoms in total. The molecule has 2 atom stereocenters. The summed E-state index contributed by atoms with van der Waals surface area (Å²) in [5.74, 6) is 0.292. The number of nitrogens with one attached hydrogen (secondary N) is 1. The number of ether oxygens (including phenoxy) is 1. The molecule has 1 aliphatic carbocycles. The Morgan fingerprint density at radius 3 is 2.52 bits per heavy atom. The molecule has 4 aliphatic rings. The van der Waals surface area contributed by atoms with Gasteiger partial charge in [-0.1, -0.05) is 30.3 Å². The molecule has 3 heterocycles. The number of hydrogen-bond donors (Lipinski definition) is 1. The van der Waals surface area contributed by atoms with Crippen LogP contribution in [0.15, 0.2) is 42.5 Å². The van der Waals surface area contributed by atoms with E-state index < -0.39 is 0 Å². The van der Waals surface area contributed by atoms with Crippen molar-refractivity contribution >= 4 is 6.09 Å². The van der Waals surface area contributed by atoms with Crippen molar-refractivity contribution in [3.05, 3.63) is 59.4 Å². The Bertz CT molecular complexity index is 890. The van der Waals surface area contributed by atoms with Crippen molar-refractivity contribution in [3.63, 3.8) is 0 Å². The second-order valence-electron chi connectivity index (χ2n) is 8.59. The van der Waals surface area contributed by atoms with E-state index in [-0.39, 0.29) is 24.1 Å². The molecule has 1 amide bonds. The van der Waals surface area contributed by atoms with E-state index in [9.17, 15) is 9.18 Å². The van der Waals surface area contributed by atoms with Gasteiger partial charge in [-0.15, -0.1) is 0 Å². The van der Waals surface area contributed by atoms with Crippen molar-refractivity contribution in [3.8, 4) is 11.1 Å². The van der Waals surface area contributed by atoms with E-state index in [1.165, 1.54) is 23.3 Å². The third-order valence-corrected chi connectivity index (χ3v) is 6.78. The molecular weight excluding hydrogens is 367 g/mol. The minimum atomic E-state index is -0.288. The van der Waals surface area contributed by atoms with E-state index in [1.54, 1.807) is 12.1 Å². The van der Waals surface area contributed by atoms with Crippen LogP contribution in [0, 0.1) is 11.7 Å². The molecular formula is C24H27FN2O2. The summed E-state index contributed by atoms with van der Waals surface area (Å²) >= 11 is 0. The quantitative estimate of drug-likeness (QED) is 0.821. The molecule has 1 N–H and O–H groups in total. The number of nitrogens with zero attached hydrogens (tertiary/aromatic N) is 1. The first kappa shape index (κ1) is 18.6. The standard InChI is InChI=1S/C24H27FN2O2/c25-20-7-4-16(5-8-20)18-6-9-21-19(14-18)2-1-3-22(21)26-24(28)29-23-15-27-12-10-17(23)11-13-27/h4-9,14,17,22-23H,1-3,10-13,15H2,(H,26,28)/t22?,23-/m1/s1. The molecule has 3 fully saturated rings. The average Bonchev–Trinajstić information content (AvgIpc) is 2.75. The van der Waals surface area contributed by atoms with E-state index in [0.717, 1.165) is 62.9 Å². The Kier molecular flexibility index (Phi) is 5.00. The highest BCUT2D eigenvalue weighted by Gasteiger charge is 2.37. The zero-order valence-corrected chi connectivity index (χ0v) is 16.6. The lowest BCUT2D eigenvalue weighted by Crippen LogP contribution is -2.52. The van der Waals surface area contributed by atoms with Gasteiger partial charge in [-0.05, 0) is 85.5 Å². The van der Waals surface area contributed by atoms with E-state index in [0.29, 0.717) is 5.92 Å². The Hall–Kier alpha value is -2.40. The van der Waals surface area contributed by atoms with Crippen LogP contribution in [0.25, 0.3) is 11.1 Å². The number of aryl methyl sites for hydroxylation is 1. The molecule has 3 aliphatic heterocycles. The lowest BCUT2D eigenvalue weighted by Gasteiger charge is -2.44. The number of amides is 1. The zero-order valence-electron chi connectivity index (χ0n) is 16.6. The van der Waals surface area contributed by atoms with E-state index >= 15 is 0 Å². The third-order valence-electron chi connectivity index (χ3n) is 6.78. The normalized spacial score (nSPS) is 27.9. The number of carbonyl (C=O) groups excluding carboxylic acids is 1. The van der Waals surface area contributed by atoms with E-state index in [1.807, 2.05) is 0 Å². The number of halogens is 1. The highest BCUT2D eigenvalue weighted by molar-refractivity contribution is 5.69. The van der Waals surface area contributed by atoms with Gasteiger partial charge in [0.2, 0.25) is 0 Å². The third kappa shape index (κ3) is 3.88. The second kappa shape index (κ2) is 7.79. The molecule has 152 valence electrons. The molecule has 6 rings (SSSR count). The monoisotopic (exact) mass is 394 g/mol. The number of fused-ring (bicyclic) bond motifs is 4. The van der Waals surface area contributed by atoms with Crippen molar-refractivity contribution in [2.75, 3.05) is 19.6 Å². The second-order valence-corrected chi connectivity index (χ2v) is 8.59. The molecule has 0 aromatic heterocycles. The molecule has 0 spiro atoms. The van der Waals surface area contributed by atoms with Crippen LogP contribution in [0.3, 0.4) is 0 Å². The molecule has 29 heavy (non-hydrogen) atoms. The molecule has 5 heteroatoms. The van der Waals surface area contributed by atoms with Gasteiger partial charge in [0.1, 0.15) is 11.9 Å². The highest BCUT2D eigenvalue weighted by Crippen LogP contribution is 2.34. The largest absolute Gasteiger partial charge is 0.445 e. The van der Waals surface area contributed by atoms with Crippen molar-refractivity contribution in [1.82, 2.24) is 10.2 Å². The van der Waals surface area contributed by atoms with Crippen LogP contribution in [0.5, 0.6) is 0 Å². The van der Waals surface area contributed by atoms with Gasteiger partial charge in [-0.25, -0.2) is 9.18 Å². The Labute approximate surface area is 171 Å². The highest BCUT2D eigenvalue weighted by atomic mass is 19.1. The van der Waals surface area contributed by atoms with Crippen molar-refractivity contribution < 1.29 is 13.9 Å². The number of alkyl carbamates (subject to hydrolysis) is 1. The molecule has 3 saturated heterocycles. The summed E-state index contributed by atoms with van der Waals surface area (Å²) in [7, 11) is 0. The fourth-order valence-electron chi connectivity index (χ4n) is 5.14. The van der Waals surface area contributed by atoms with Crippen molar-refractivity contribution in [2.24, 2.45) is 5.92 Å². The smallest absolute Gasteiger partial charge is 0.407 e. The van der Waals surface area contributed by atoms with E-state index in [4.69, 9.17) is 4.74 Å². The number of carbonyl (C=O) groups is 1. The topological polar surface area (TPSA) is 41.6 Å². The van der Waals surface area contributed by atoms with Crippen molar-refractivity contribution in [2.45, 2.75) is 44.2 Å². The van der Waals surface area contributed by atoms with Crippen LogP contribution < -0.4 is 5.32 Å². The molecule has 2 aromatic rings. The van der Waals surface area contributed by atoms with Gasteiger partial charge in [0.25, 0.3) is 0 Å². The summed E-state index contributed by atoms with van der Waals surface area (Å²) in [5, 5.41) is 3.12. The Morgan fingerprint density at radius 2 is 1.79 bits per heavy atom. The van der Waals surface area contributed by atoms with Crippen LogP contribution in [0.1, 0.15) is 42.9 Å². The van der Waals surface area contributed by atoms with Gasteiger partial charge in [0.15, 0.2) is 0 Å². The number of rotatable bonds is 3. The van der Waals surface area contributed by atoms with Gasteiger partial charge >= 0.3 is 6.09 Å². The van der Waals surface area contributed by atoms with Crippen LogP contribution in [0.2, 0.25) is 0 Å². The molecule has 1 unspecified atom stereocenters. The predicted octanol–water partition coefficient (Wildman–Crippen LogP) is 4.69. The summed E-state index contributed by atoms with van der Waals surface area (Å²) in [6.45, 7) is 3.15. The van der Waals surface area contributed by atoms with Crippen LogP contribution >= 0.6 is 0 Å². The first-order valence-electron chi connectivity index (χ1n) is 10.7. The maximum Gasteiger partial charge on any atom is 0.407 e. The summed E-state index contributed by atoms with van der Waals surface area (Å²) in [6, 6.07) is 12.9. The maximum atomic E-state index is 13.2. The van der Waals surface area contributed by atoms with Crippen LogP contribution in [-0.2, 0) is 11.2 Å². The van der Waals surface area contributed by atoms with Crippen LogP contribution in [0.4, 0.5) is 9.18 Å². The summed E-state index contributed by atoms with van der Waals surface area (Å²) in [6.07, 6.45) is 4.97. The lowest BCUT2D eigenvalue weighted by molar-refractivity contribution is -0.0340. The fraction of sp³-hybridized carbons (Fsp3) is 0.458. The summed E-state index contributed by atoms with van der Waals surface area (Å²) < 4.78 is 19.0. The van der Waals surface area contributed by atoms with E-state index in [2.05, 4.69) is 28.4 Å². The number of hydrogen-bond acceptors (Lipinski definition) is 3. The zero-order chi connectivity index (χ0) is 19.8. The van der Waals surface area contributed by atoms with Gasteiger partial charge in [-0.3, -0.25) is 4.90 Å². The molecule has 0 saturated carbocycles.